The van der Waals surface area contributed by atoms with Gasteiger partial charge in [-0.25, -0.2) is 9.18 Å². The second-order valence-corrected chi connectivity index (χ2v) is 4.99. The quantitative estimate of drug-likeness (QED) is 0.607. The number of nitrogens with zero attached hydrogens (tertiary/aromatic N) is 2. The van der Waals surface area contributed by atoms with Gasteiger partial charge in [-0.2, -0.15) is 0 Å². The van der Waals surface area contributed by atoms with E-state index in [1.807, 2.05) is 11.9 Å². The predicted molar refractivity (Wildman–Crippen MR) is 75.0 cm³/mol. The summed E-state index contributed by atoms with van der Waals surface area (Å²) in [4.78, 5) is 26.9. The molecule has 0 bridgehead atoms. The van der Waals surface area contributed by atoms with Crippen LogP contribution >= 0.6 is 0 Å². The van der Waals surface area contributed by atoms with Gasteiger partial charge < -0.3 is 9.64 Å². The number of carbonyl (C=O) groups excluding carboxylic acids is 2. The first-order valence-corrected chi connectivity index (χ1v) is 6.95. The second kappa shape index (κ2) is 6.67. The molecule has 1 aromatic carbocycles. The van der Waals surface area contributed by atoms with E-state index in [4.69, 9.17) is 4.74 Å². The monoisotopic (exact) mass is 294 g/mol. The minimum absolute atomic E-state index is 0.162. The van der Waals surface area contributed by atoms with Crippen molar-refractivity contribution in [1.82, 2.24) is 9.80 Å². The lowest BCUT2D eigenvalue weighted by atomic mass is 10.0. The first-order chi connectivity index (χ1) is 10.0. The van der Waals surface area contributed by atoms with Gasteiger partial charge in [0.1, 0.15) is 5.82 Å². The van der Waals surface area contributed by atoms with Crippen molar-refractivity contribution in [3.63, 3.8) is 0 Å². The van der Waals surface area contributed by atoms with Gasteiger partial charge in [0.2, 0.25) is 0 Å². The number of amides is 1. The standard InChI is InChI=1S/C15H19FN2O3/c1-3-21-15(20)14(19)18-9-8-17(2)13(10-18)11-6-4-5-7-12(11)16/h4-7,13H,3,8-10H2,1-2H3. The average Bonchev–Trinajstić information content (AvgIpc) is 2.48. The van der Waals surface area contributed by atoms with E-state index in [1.165, 1.54) is 11.0 Å². The summed E-state index contributed by atoms with van der Waals surface area (Å²) in [5.41, 5.74) is 0.529. The lowest BCUT2D eigenvalue weighted by Gasteiger charge is -2.39. The van der Waals surface area contributed by atoms with Crippen molar-refractivity contribution in [2.45, 2.75) is 13.0 Å². The zero-order valence-corrected chi connectivity index (χ0v) is 12.2. The number of rotatable bonds is 2. The summed E-state index contributed by atoms with van der Waals surface area (Å²) in [6.07, 6.45) is 0. The molecule has 1 amide bonds. The number of halogens is 1. The van der Waals surface area contributed by atoms with Crippen LogP contribution in [-0.2, 0) is 14.3 Å². The van der Waals surface area contributed by atoms with Gasteiger partial charge in [0.05, 0.1) is 12.6 Å². The Morgan fingerprint density at radius 1 is 1.33 bits per heavy atom. The van der Waals surface area contributed by atoms with Crippen LogP contribution in [0.25, 0.3) is 0 Å². The molecule has 1 saturated heterocycles. The molecule has 0 saturated carbocycles. The Morgan fingerprint density at radius 3 is 2.71 bits per heavy atom. The fourth-order valence-corrected chi connectivity index (χ4v) is 2.46. The van der Waals surface area contributed by atoms with Crippen LogP contribution in [0.15, 0.2) is 24.3 Å². The highest BCUT2D eigenvalue weighted by Crippen LogP contribution is 2.26. The Labute approximate surface area is 123 Å². The fourth-order valence-electron chi connectivity index (χ4n) is 2.46. The normalized spacial score (nSPS) is 19.4. The minimum Gasteiger partial charge on any atom is -0.459 e. The summed E-state index contributed by atoms with van der Waals surface area (Å²) in [7, 11) is 1.88. The molecular weight excluding hydrogens is 275 g/mol. The highest BCUT2D eigenvalue weighted by atomic mass is 19.1. The Balaban J connectivity index is 2.15. The van der Waals surface area contributed by atoms with Crippen molar-refractivity contribution in [3.8, 4) is 0 Å². The van der Waals surface area contributed by atoms with Gasteiger partial charge in [-0.1, -0.05) is 18.2 Å². The zero-order valence-electron chi connectivity index (χ0n) is 12.2. The summed E-state index contributed by atoms with van der Waals surface area (Å²) < 4.78 is 18.7. The van der Waals surface area contributed by atoms with Crippen LogP contribution in [0.4, 0.5) is 4.39 Å². The van der Waals surface area contributed by atoms with Gasteiger partial charge in [-0.15, -0.1) is 0 Å². The Bertz CT molecular complexity index is 535. The van der Waals surface area contributed by atoms with E-state index in [0.717, 1.165) is 0 Å². The molecule has 1 unspecified atom stereocenters. The third kappa shape index (κ3) is 3.39. The first-order valence-electron chi connectivity index (χ1n) is 6.95. The van der Waals surface area contributed by atoms with Crippen LogP contribution in [0.1, 0.15) is 18.5 Å². The molecule has 6 heteroatoms. The van der Waals surface area contributed by atoms with E-state index in [9.17, 15) is 14.0 Å². The van der Waals surface area contributed by atoms with Crippen LogP contribution < -0.4 is 0 Å². The summed E-state index contributed by atoms with van der Waals surface area (Å²) in [5, 5.41) is 0. The molecule has 0 aromatic heterocycles. The predicted octanol–water partition coefficient (Wildman–Crippen LogP) is 1.20. The number of carbonyl (C=O) groups is 2. The highest BCUT2D eigenvalue weighted by Gasteiger charge is 2.32. The van der Waals surface area contributed by atoms with Crippen molar-refractivity contribution in [3.05, 3.63) is 35.6 Å². The molecule has 1 atom stereocenters. The summed E-state index contributed by atoms with van der Waals surface area (Å²) in [6.45, 7) is 3.09. The number of benzene rings is 1. The van der Waals surface area contributed by atoms with E-state index in [0.29, 0.717) is 18.7 Å². The van der Waals surface area contributed by atoms with Gasteiger partial charge in [-0.3, -0.25) is 9.69 Å². The zero-order chi connectivity index (χ0) is 15.4. The first kappa shape index (κ1) is 15.4. The molecule has 1 aromatic rings. The molecule has 1 fully saturated rings. The number of hydrogen-bond donors (Lipinski definition) is 0. The maximum Gasteiger partial charge on any atom is 0.397 e. The lowest BCUT2D eigenvalue weighted by Crippen LogP contribution is -2.51. The Morgan fingerprint density at radius 2 is 2.05 bits per heavy atom. The molecule has 1 aliphatic rings. The van der Waals surface area contributed by atoms with Crippen molar-refractivity contribution in [1.29, 1.82) is 0 Å². The van der Waals surface area contributed by atoms with Crippen molar-refractivity contribution >= 4 is 11.9 Å². The molecule has 5 nitrogen and oxygen atoms in total. The van der Waals surface area contributed by atoms with Gasteiger partial charge in [0.25, 0.3) is 0 Å². The summed E-state index contributed by atoms with van der Waals surface area (Å²) >= 11 is 0. The number of ether oxygens (including phenoxy) is 1. The van der Waals surface area contributed by atoms with Gasteiger partial charge >= 0.3 is 11.9 Å². The number of likely N-dealkylation sites (N-methyl/N-ethyl adjacent to an activating group) is 1. The fraction of sp³-hybridized carbons (Fsp3) is 0.467. The molecule has 114 valence electrons. The SMILES string of the molecule is CCOC(=O)C(=O)N1CCN(C)C(c2ccccc2F)C1. The second-order valence-electron chi connectivity index (χ2n) is 4.99. The molecule has 21 heavy (non-hydrogen) atoms. The Hall–Kier alpha value is -1.95. The molecule has 2 rings (SSSR count). The van der Waals surface area contributed by atoms with Crippen LogP contribution in [0, 0.1) is 5.82 Å². The average molecular weight is 294 g/mol. The van der Waals surface area contributed by atoms with Crippen molar-refractivity contribution in [2.75, 3.05) is 33.3 Å². The molecule has 0 spiro atoms. The molecular formula is C15H19FN2O3. The van der Waals surface area contributed by atoms with Gasteiger partial charge in [0, 0.05) is 25.2 Å². The molecule has 0 N–H and O–H groups in total. The van der Waals surface area contributed by atoms with Crippen LogP contribution in [-0.4, -0.2) is 55.0 Å². The Kier molecular flexibility index (Phi) is 4.90. The minimum atomic E-state index is -0.852. The summed E-state index contributed by atoms with van der Waals surface area (Å²) in [6, 6.07) is 6.23. The number of hydrogen-bond acceptors (Lipinski definition) is 4. The molecule has 1 aliphatic heterocycles. The van der Waals surface area contributed by atoms with Crippen LogP contribution in [0.5, 0.6) is 0 Å². The van der Waals surface area contributed by atoms with E-state index < -0.39 is 11.9 Å². The van der Waals surface area contributed by atoms with E-state index in [-0.39, 0.29) is 25.0 Å². The highest BCUT2D eigenvalue weighted by molar-refractivity contribution is 6.32. The lowest BCUT2D eigenvalue weighted by molar-refractivity contribution is -0.161. The molecule has 0 radical (unpaired) electrons. The van der Waals surface area contributed by atoms with E-state index in [1.54, 1.807) is 25.1 Å². The maximum absolute atomic E-state index is 13.9. The number of piperazine rings is 1. The smallest absolute Gasteiger partial charge is 0.397 e. The van der Waals surface area contributed by atoms with E-state index >= 15 is 0 Å². The van der Waals surface area contributed by atoms with Gasteiger partial charge in [-0.05, 0) is 20.0 Å². The van der Waals surface area contributed by atoms with E-state index in [2.05, 4.69) is 0 Å². The molecule has 1 heterocycles. The number of esters is 1. The van der Waals surface area contributed by atoms with Crippen molar-refractivity contribution in [2.24, 2.45) is 0 Å². The van der Waals surface area contributed by atoms with Crippen LogP contribution in [0.2, 0.25) is 0 Å². The maximum atomic E-state index is 13.9. The topological polar surface area (TPSA) is 49.9 Å². The van der Waals surface area contributed by atoms with Crippen LogP contribution in [0.3, 0.4) is 0 Å². The largest absolute Gasteiger partial charge is 0.459 e. The molecule has 0 aliphatic carbocycles. The third-order valence-corrected chi connectivity index (χ3v) is 3.65. The third-order valence-electron chi connectivity index (χ3n) is 3.65. The van der Waals surface area contributed by atoms with Gasteiger partial charge in [0.15, 0.2) is 0 Å². The summed E-state index contributed by atoms with van der Waals surface area (Å²) in [5.74, 6) is -1.82. The van der Waals surface area contributed by atoms with Crippen molar-refractivity contribution < 1.29 is 18.7 Å².